The van der Waals surface area contributed by atoms with Gasteiger partial charge in [0.2, 0.25) is 0 Å². The molecule has 1 heterocycles. The van der Waals surface area contributed by atoms with E-state index in [1.54, 1.807) is 18.2 Å². The maximum Gasteiger partial charge on any atom is 0.433 e. The minimum Gasteiger partial charge on any atom is -0.299 e. The second kappa shape index (κ2) is 6.67. The van der Waals surface area contributed by atoms with Gasteiger partial charge in [0.15, 0.2) is 0 Å². The molecule has 0 saturated heterocycles. The average molecular weight is 348 g/mol. The Bertz CT molecular complexity index is 684. The summed E-state index contributed by atoms with van der Waals surface area (Å²) < 4.78 is 37.2. The molecule has 2 aromatic rings. The Balaban J connectivity index is 2.01. The highest BCUT2D eigenvalue weighted by Gasteiger charge is 2.32. The molecule has 0 unspecified atom stereocenters. The maximum absolute atomic E-state index is 12.4. The summed E-state index contributed by atoms with van der Waals surface area (Å²) in [6.45, 7) is 0. The zero-order valence-corrected chi connectivity index (χ0v) is 12.6. The summed E-state index contributed by atoms with van der Waals surface area (Å²) in [5.74, 6) is -0.153. The van der Waals surface area contributed by atoms with Crippen LogP contribution in [-0.2, 0) is 23.8 Å². The SMILES string of the molecule is O=C(Cc1ccc(C(F)(F)F)nc1)Cc1ccc(Cl)c(Cl)c1. The number of hydrogen-bond donors (Lipinski definition) is 0. The number of pyridine rings is 1. The number of carbonyl (C=O) groups is 1. The summed E-state index contributed by atoms with van der Waals surface area (Å²) >= 11 is 11.6. The van der Waals surface area contributed by atoms with Crippen molar-refractivity contribution in [1.29, 1.82) is 0 Å². The number of Topliss-reactive ketones (excluding diaryl/α,β-unsaturated/α-hetero) is 1. The number of nitrogens with zero attached hydrogens (tertiary/aromatic N) is 1. The molecule has 0 radical (unpaired) electrons. The van der Waals surface area contributed by atoms with Crippen molar-refractivity contribution in [1.82, 2.24) is 4.98 Å². The molecule has 0 spiro atoms. The van der Waals surface area contributed by atoms with Crippen LogP contribution in [0.2, 0.25) is 10.0 Å². The Hall–Kier alpha value is -1.59. The van der Waals surface area contributed by atoms with Crippen LogP contribution in [0.4, 0.5) is 13.2 Å². The van der Waals surface area contributed by atoms with Gasteiger partial charge in [-0.1, -0.05) is 35.3 Å². The van der Waals surface area contributed by atoms with E-state index in [0.29, 0.717) is 21.2 Å². The van der Waals surface area contributed by atoms with Gasteiger partial charge in [-0.15, -0.1) is 0 Å². The monoisotopic (exact) mass is 347 g/mol. The van der Waals surface area contributed by atoms with Crippen LogP contribution in [0.3, 0.4) is 0 Å². The third-order valence-electron chi connectivity index (χ3n) is 2.90. The lowest BCUT2D eigenvalue weighted by atomic mass is 10.0. The van der Waals surface area contributed by atoms with Crippen LogP contribution in [0.15, 0.2) is 36.5 Å². The summed E-state index contributed by atoms with van der Waals surface area (Å²) in [5, 5.41) is 0.743. The molecule has 2 rings (SSSR count). The largest absolute Gasteiger partial charge is 0.433 e. The molecule has 0 aliphatic heterocycles. The Morgan fingerprint density at radius 3 is 2.18 bits per heavy atom. The smallest absolute Gasteiger partial charge is 0.299 e. The first kappa shape index (κ1) is 16.8. The fourth-order valence-electron chi connectivity index (χ4n) is 1.86. The third-order valence-corrected chi connectivity index (χ3v) is 3.64. The fraction of sp³-hybridized carbons (Fsp3) is 0.200. The van der Waals surface area contributed by atoms with Gasteiger partial charge in [-0.2, -0.15) is 13.2 Å². The van der Waals surface area contributed by atoms with Crippen molar-refractivity contribution < 1.29 is 18.0 Å². The molecule has 0 atom stereocenters. The van der Waals surface area contributed by atoms with Crippen molar-refractivity contribution in [3.8, 4) is 0 Å². The predicted octanol–water partition coefficient (Wildman–Crippen LogP) is 4.76. The van der Waals surface area contributed by atoms with Gasteiger partial charge in [-0.3, -0.25) is 9.78 Å². The molecule has 2 nitrogen and oxygen atoms in total. The summed E-state index contributed by atoms with van der Waals surface area (Å²) in [7, 11) is 0. The van der Waals surface area contributed by atoms with Crippen LogP contribution < -0.4 is 0 Å². The third kappa shape index (κ3) is 4.45. The minimum atomic E-state index is -4.48. The topological polar surface area (TPSA) is 30.0 Å². The lowest BCUT2D eigenvalue weighted by molar-refractivity contribution is -0.141. The number of aromatic nitrogens is 1. The Kier molecular flexibility index (Phi) is 5.08. The lowest BCUT2D eigenvalue weighted by Crippen LogP contribution is -2.10. The van der Waals surface area contributed by atoms with Gasteiger partial charge in [0.1, 0.15) is 11.5 Å². The summed E-state index contributed by atoms with van der Waals surface area (Å²) in [5.41, 5.74) is 0.144. The van der Waals surface area contributed by atoms with Crippen LogP contribution in [0.5, 0.6) is 0 Å². The van der Waals surface area contributed by atoms with Gasteiger partial charge in [0.05, 0.1) is 10.0 Å². The van der Waals surface area contributed by atoms with E-state index in [0.717, 1.165) is 12.3 Å². The molecule has 22 heavy (non-hydrogen) atoms. The zero-order valence-electron chi connectivity index (χ0n) is 11.1. The standard InChI is InChI=1S/C15H10Cl2F3NO/c16-12-3-1-9(7-13(12)17)5-11(22)6-10-2-4-14(21-8-10)15(18,19)20/h1-4,7-8H,5-6H2. The van der Waals surface area contributed by atoms with E-state index in [9.17, 15) is 18.0 Å². The molecule has 1 aromatic carbocycles. The zero-order chi connectivity index (χ0) is 16.3. The average Bonchev–Trinajstić information content (AvgIpc) is 2.42. The second-order valence-corrected chi connectivity index (χ2v) is 5.50. The van der Waals surface area contributed by atoms with E-state index in [1.165, 1.54) is 6.07 Å². The molecule has 0 aliphatic rings. The molecule has 0 aliphatic carbocycles. The molecule has 0 fully saturated rings. The van der Waals surface area contributed by atoms with Crippen molar-refractivity contribution >= 4 is 29.0 Å². The van der Waals surface area contributed by atoms with Gasteiger partial charge < -0.3 is 0 Å². The van der Waals surface area contributed by atoms with Crippen molar-refractivity contribution in [2.45, 2.75) is 19.0 Å². The van der Waals surface area contributed by atoms with E-state index >= 15 is 0 Å². The molecule has 1 aromatic heterocycles. The maximum atomic E-state index is 12.4. The van der Waals surface area contributed by atoms with E-state index in [4.69, 9.17) is 23.2 Å². The van der Waals surface area contributed by atoms with Crippen LogP contribution in [-0.4, -0.2) is 10.8 Å². The van der Waals surface area contributed by atoms with Crippen LogP contribution in [0, 0.1) is 0 Å². The van der Waals surface area contributed by atoms with E-state index in [2.05, 4.69) is 4.98 Å². The molecule has 116 valence electrons. The molecule has 0 saturated carbocycles. The molecule has 7 heteroatoms. The van der Waals surface area contributed by atoms with Crippen molar-refractivity contribution in [2.75, 3.05) is 0 Å². The normalized spacial score (nSPS) is 11.5. The first-order valence-corrected chi connectivity index (χ1v) is 6.99. The van der Waals surface area contributed by atoms with Crippen LogP contribution in [0.25, 0.3) is 0 Å². The number of rotatable bonds is 4. The first-order chi connectivity index (χ1) is 10.3. The summed E-state index contributed by atoms with van der Waals surface area (Å²) in [6, 6.07) is 6.97. The summed E-state index contributed by atoms with van der Waals surface area (Å²) in [6.07, 6.45) is -3.29. The highest BCUT2D eigenvalue weighted by Crippen LogP contribution is 2.27. The number of hydrogen-bond acceptors (Lipinski definition) is 2. The van der Waals surface area contributed by atoms with Crippen molar-refractivity contribution in [3.05, 3.63) is 63.4 Å². The molecular weight excluding hydrogens is 338 g/mol. The lowest BCUT2D eigenvalue weighted by Gasteiger charge is -2.06. The Morgan fingerprint density at radius 1 is 1.00 bits per heavy atom. The number of benzene rings is 1. The van der Waals surface area contributed by atoms with Crippen molar-refractivity contribution in [3.63, 3.8) is 0 Å². The van der Waals surface area contributed by atoms with Gasteiger partial charge >= 0.3 is 6.18 Å². The van der Waals surface area contributed by atoms with Crippen LogP contribution >= 0.6 is 23.2 Å². The predicted molar refractivity (Wildman–Crippen MR) is 78.1 cm³/mol. The highest BCUT2D eigenvalue weighted by atomic mass is 35.5. The van der Waals surface area contributed by atoms with E-state index < -0.39 is 11.9 Å². The quantitative estimate of drug-likeness (QED) is 0.797. The molecule has 0 amide bonds. The van der Waals surface area contributed by atoms with E-state index in [1.807, 2.05) is 0 Å². The molecular formula is C15H10Cl2F3NO. The van der Waals surface area contributed by atoms with Gasteiger partial charge in [-0.25, -0.2) is 0 Å². The minimum absolute atomic E-state index is 0.00534. The Labute approximate surface area is 134 Å². The number of carbonyl (C=O) groups excluding carboxylic acids is 1. The first-order valence-electron chi connectivity index (χ1n) is 6.23. The number of halogens is 5. The van der Waals surface area contributed by atoms with Gasteiger partial charge in [-0.05, 0) is 29.3 Å². The molecule has 0 N–H and O–H groups in total. The van der Waals surface area contributed by atoms with Crippen molar-refractivity contribution in [2.24, 2.45) is 0 Å². The number of ketones is 1. The highest BCUT2D eigenvalue weighted by molar-refractivity contribution is 6.42. The fourth-order valence-corrected chi connectivity index (χ4v) is 2.18. The Morgan fingerprint density at radius 2 is 1.64 bits per heavy atom. The molecule has 0 bridgehead atoms. The summed E-state index contributed by atoms with van der Waals surface area (Å²) in [4.78, 5) is 15.3. The van der Waals surface area contributed by atoms with E-state index in [-0.39, 0.29) is 18.6 Å². The number of alkyl halides is 3. The second-order valence-electron chi connectivity index (χ2n) is 4.69. The van der Waals surface area contributed by atoms with Gasteiger partial charge in [0.25, 0.3) is 0 Å². The van der Waals surface area contributed by atoms with Crippen LogP contribution in [0.1, 0.15) is 16.8 Å². The van der Waals surface area contributed by atoms with Gasteiger partial charge in [0, 0.05) is 19.0 Å².